The van der Waals surface area contributed by atoms with Crippen LogP contribution < -0.4 is 5.32 Å². The molecule has 0 aliphatic heterocycles. The molecule has 132 valence electrons. The highest BCUT2D eigenvalue weighted by Gasteiger charge is 2.32. The van der Waals surface area contributed by atoms with E-state index in [1.165, 1.54) is 64.2 Å². The summed E-state index contributed by atoms with van der Waals surface area (Å²) in [6, 6.07) is 8.72. The minimum absolute atomic E-state index is 0.128. The number of benzene rings is 1. The van der Waals surface area contributed by atoms with Gasteiger partial charge in [-0.3, -0.25) is 0 Å². The van der Waals surface area contributed by atoms with Gasteiger partial charge in [0.05, 0.1) is 0 Å². The molecule has 24 heavy (non-hydrogen) atoms. The summed E-state index contributed by atoms with van der Waals surface area (Å²) in [7, 11) is 0. The van der Waals surface area contributed by atoms with Crippen LogP contribution in [0.2, 0.25) is 5.02 Å². The second-order valence-electron chi connectivity index (χ2n) is 7.28. The topological polar surface area (TPSA) is 32.3 Å². The first-order valence-electron chi connectivity index (χ1n) is 9.54. The first-order valence-corrected chi connectivity index (χ1v) is 9.92. The van der Waals surface area contributed by atoms with E-state index in [9.17, 15) is 4.79 Å². The summed E-state index contributed by atoms with van der Waals surface area (Å²) in [4.78, 5) is 15.2. The lowest BCUT2D eigenvalue weighted by atomic mass is 9.89. The Balaban J connectivity index is 1.64. The van der Waals surface area contributed by atoms with Gasteiger partial charge in [0.15, 0.2) is 0 Å². The molecule has 2 aliphatic carbocycles. The van der Waals surface area contributed by atoms with Crippen LogP contribution in [-0.2, 0) is 6.54 Å². The molecule has 1 aromatic rings. The van der Waals surface area contributed by atoms with E-state index in [2.05, 4.69) is 10.2 Å². The van der Waals surface area contributed by atoms with Gasteiger partial charge in [-0.05, 0) is 43.4 Å². The quantitative estimate of drug-likeness (QED) is 0.763. The lowest BCUT2D eigenvalue weighted by Crippen LogP contribution is -2.52. The Morgan fingerprint density at radius 3 is 1.92 bits per heavy atom. The van der Waals surface area contributed by atoms with Gasteiger partial charge in [-0.2, -0.15) is 0 Å². The lowest BCUT2D eigenvalue weighted by molar-refractivity contribution is 0.104. The van der Waals surface area contributed by atoms with E-state index < -0.39 is 0 Å². The summed E-state index contributed by atoms with van der Waals surface area (Å²) < 4.78 is 0. The summed E-state index contributed by atoms with van der Waals surface area (Å²) in [5.74, 6) is 0. The molecule has 2 saturated carbocycles. The maximum Gasteiger partial charge on any atom is 0.318 e. The Labute approximate surface area is 150 Å². The third kappa shape index (κ3) is 4.66. The van der Waals surface area contributed by atoms with Gasteiger partial charge in [0.25, 0.3) is 0 Å². The third-order valence-corrected chi connectivity index (χ3v) is 5.78. The Morgan fingerprint density at radius 2 is 1.42 bits per heavy atom. The molecule has 0 unspecified atom stereocenters. The summed E-state index contributed by atoms with van der Waals surface area (Å²) in [6.45, 7) is 0.575. The largest absolute Gasteiger partial charge is 0.334 e. The average Bonchev–Trinajstić information content (AvgIpc) is 2.63. The fraction of sp³-hybridized carbons (Fsp3) is 0.650. The van der Waals surface area contributed by atoms with E-state index in [-0.39, 0.29) is 6.03 Å². The van der Waals surface area contributed by atoms with Gasteiger partial charge in [0.1, 0.15) is 0 Å². The number of urea groups is 1. The van der Waals surface area contributed by atoms with Gasteiger partial charge in [-0.15, -0.1) is 0 Å². The van der Waals surface area contributed by atoms with Gasteiger partial charge < -0.3 is 10.2 Å². The summed E-state index contributed by atoms with van der Waals surface area (Å²) in [5.41, 5.74) is 1.10. The first kappa shape index (κ1) is 17.6. The molecule has 0 radical (unpaired) electrons. The van der Waals surface area contributed by atoms with Crippen molar-refractivity contribution in [1.82, 2.24) is 10.2 Å². The van der Waals surface area contributed by atoms with Gasteiger partial charge >= 0.3 is 6.03 Å². The molecule has 3 rings (SSSR count). The predicted octanol–water partition coefficient (Wildman–Crippen LogP) is 5.52. The van der Waals surface area contributed by atoms with Gasteiger partial charge in [-0.1, -0.05) is 62.3 Å². The molecule has 0 heterocycles. The number of hydrogen-bond acceptors (Lipinski definition) is 1. The van der Waals surface area contributed by atoms with Crippen molar-refractivity contribution in [2.45, 2.75) is 82.8 Å². The monoisotopic (exact) mass is 348 g/mol. The number of amides is 2. The van der Waals surface area contributed by atoms with Gasteiger partial charge in [-0.25, -0.2) is 4.79 Å². The van der Waals surface area contributed by atoms with E-state index in [0.29, 0.717) is 18.6 Å². The molecule has 1 N–H and O–H groups in total. The molecule has 2 fully saturated rings. The number of carbonyl (C=O) groups excluding carboxylic acids is 1. The Hall–Kier alpha value is -1.22. The van der Waals surface area contributed by atoms with Crippen LogP contribution in [0.4, 0.5) is 4.79 Å². The van der Waals surface area contributed by atoms with E-state index in [1.54, 1.807) is 0 Å². The van der Waals surface area contributed by atoms with Gasteiger partial charge in [0.2, 0.25) is 0 Å². The molecule has 0 atom stereocenters. The molecule has 0 saturated heterocycles. The number of nitrogens with one attached hydrogen (secondary N) is 1. The standard InChI is InChI=1S/C20H29ClN2O/c21-17-13-11-16(12-14-17)15-22-20(24)23(18-7-3-1-4-8-18)19-9-5-2-6-10-19/h11-14,18-19H,1-10,15H2,(H,22,24). The Kier molecular flexibility index (Phi) is 6.42. The van der Waals surface area contributed by atoms with E-state index in [1.807, 2.05) is 24.3 Å². The van der Waals surface area contributed by atoms with Crippen LogP contribution in [0.25, 0.3) is 0 Å². The number of hydrogen-bond donors (Lipinski definition) is 1. The molecule has 2 aliphatic rings. The number of rotatable bonds is 4. The molecule has 0 spiro atoms. The van der Waals surface area contributed by atoms with Crippen LogP contribution in [-0.4, -0.2) is 23.0 Å². The molecule has 2 amide bonds. The minimum Gasteiger partial charge on any atom is -0.334 e. The smallest absolute Gasteiger partial charge is 0.318 e. The maximum absolute atomic E-state index is 13.0. The highest BCUT2D eigenvalue weighted by atomic mass is 35.5. The number of halogens is 1. The average molecular weight is 349 g/mol. The summed E-state index contributed by atoms with van der Waals surface area (Å²) in [6.07, 6.45) is 12.4. The molecular weight excluding hydrogens is 320 g/mol. The van der Waals surface area contributed by atoms with Crippen molar-refractivity contribution in [3.63, 3.8) is 0 Å². The van der Waals surface area contributed by atoms with Crippen LogP contribution in [0.5, 0.6) is 0 Å². The van der Waals surface area contributed by atoms with Crippen molar-refractivity contribution in [2.24, 2.45) is 0 Å². The normalized spacial score (nSPS) is 19.9. The van der Waals surface area contributed by atoms with Crippen LogP contribution in [0.3, 0.4) is 0 Å². The maximum atomic E-state index is 13.0. The minimum atomic E-state index is 0.128. The van der Waals surface area contributed by atoms with Crippen molar-refractivity contribution in [3.05, 3.63) is 34.9 Å². The summed E-state index contributed by atoms with van der Waals surface area (Å²) in [5, 5.41) is 3.89. The van der Waals surface area contributed by atoms with Crippen molar-refractivity contribution in [2.75, 3.05) is 0 Å². The fourth-order valence-corrected chi connectivity index (χ4v) is 4.35. The van der Waals surface area contributed by atoms with Crippen LogP contribution >= 0.6 is 11.6 Å². The second kappa shape index (κ2) is 8.75. The highest BCUT2D eigenvalue weighted by Crippen LogP contribution is 2.30. The van der Waals surface area contributed by atoms with Crippen molar-refractivity contribution < 1.29 is 4.79 Å². The van der Waals surface area contributed by atoms with E-state index in [4.69, 9.17) is 11.6 Å². The Bertz CT molecular complexity index is 501. The zero-order valence-corrected chi connectivity index (χ0v) is 15.2. The number of carbonyl (C=O) groups is 1. The third-order valence-electron chi connectivity index (χ3n) is 5.53. The van der Waals surface area contributed by atoms with Crippen molar-refractivity contribution in [1.29, 1.82) is 0 Å². The fourth-order valence-electron chi connectivity index (χ4n) is 4.22. The van der Waals surface area contributed by atoms with E-state index >= 15 is 0 Å². The van der Waals surface area contributed by atoms with Crippen LogP contribution in [0.15, 0.2) is 24.3 Å². The zero-order chi connectivity index (χ0) is 16.8. The summed E-state index contributed by atoms with van der Waals surface area (Å²) >= 11 is 5.93. The second-order valence-corrected chi connectivity index (χ2v) is 7.71. The Morgan fingerprint density at radius 1 is 0.917 bits per heavy atom. The molecule has 1 aromatic carbocycles. The molecule has 3 nitrogen and oxygen atoms in total. The molecule has 0 bridgehead atoms. The molecular formula is C20H29ClN2O. The predicted molar refractivity (Wildman–Crippen MR) is 99.3 cm³/mol. The SMILES string of the molecule is O=C(NCc1ccc(Cl)cc1)N(C1CCCCC1)C1CCCCC1. The van der Waals surface area contributed by atoms with Crippen LogP contribution in [0.1, 0.15) is 69.8 Å². The lowest BCUT2D eigenvalue weighted by Gasteiger charge is -2.41. The molecule has 0 aromatic heterocycles. The first-order chi connectivity index (χ1) is 11.7. The van der Waals surface area contributed by atoms with E-state index in [0.717, 1.165) is 10.6 Å². The highest BCUT2D eigenvalue weighted by molar-refractivity contribution is 6.30. The molecule has 4 heteroatoms. The van der Waals surface area contributed by atoms with Crippen LogP contribution in [0, 0.1) is 0 Å². The van der Waals surface area contributed by atoms with Gasteiger partial charge in [0, 0.05) is 23.7 Å². The number of nitrogens with zero attached hydrogens (tertiary/aromatic N) is 1. The van der Waals surface area contributed by atoms with Crippen molar-refractivity contribution in [3.8, 4) is 0 Å². The van der Waals surface area contributed by atoms with Crippen molar-refractivity contribution >= 4 is 17.6 Å². The zero-order valence-electron chi connectivity index (χ0n) is 14.5.